The van der Waals surface area contributed by atoms with Crippen molar-refractivity contribution >= 4 is 5.91 Å². The first-order valence-corrected chi connectivity index (χ1v) is 11.2. The van der Waals surface area contributed by atoms with Gasteiger partial charge in [-0.25, -0.2) is 0 Å². The number of nitrogens with one attached hydrogen (secondary N) is 1. The number of aryl methyl sites for hydroxylation is 1. The lowest BCUT2D eigenvalue weighted by Crippen LogP contribution is -2.58. The molecule has 2 aromatic carbocycles. The molecule has 1 fully saturated rings. The van der Waals surface area contributed by atoms with E-state index in [9.17, 15) is 4.79 Å². The van der Waals surface area contributed by atoms with Crippen LogP contribution in [0.15, 0.2) is 66.7 Å². The van der Waals surface area contributed by atoms with Crippen molar-refractivity contribution in [2.45, 2.75) is 38.8 Å². The lowest BCUT2D eigenvalue weighted by Gasteiger charge is -2.39. The molecule has 0 bridgehead atoms. The molecule has 1 saturated heterocycles. The van der Waals surface area contributed by atoms with Gasteiger partial charge in [-0.15, -0.1) is 0 Å². The Labute approximate surface area is 189 Å². The van der Waals surface area contributed by atoms with Crippen molar-refractivity contribution in [3.63, 3.8) is 0 Å². The average molecular weight is 431 g/mol. The van der Waals surface area contributed by atoms with Crippen LogP contribution < -0.4 is 10.1 Å². The highest BCUT2D eigenvalue weighted by molar-refractivity contribution is 5.73. The molecule has 0 radical (unpaired) electrons. The molecule has 1 aliphatic rings. The Kier molecular flexibility index (Phi) is 7.46. The van der Waals surface area contributed by atoms with Gasteiger partial charge in [-0.3, -0.25) is 9.69 Å². The van der Waals surface area contributed by atoms with E-state index in [0.717, 1.165) is 56.0 Å². The van der Waals surface area contributed by atoms with Gasteiger partial charge in [0.1, 0.15) is 5.75 Å². The molecule has 6 heteroatoms. The predicted molar refractivity (Wildman–Crippen MR) is 124 cm³/mol. The summed E-state index contributed by atoms with van der Waals surface area (Å²) in [5, 5.41) is 11.7. The van der Waals surface area contributed by atoms with Crippen molar-refractivity contribution < 1.29 is 9.53 Å². The van der Waals surface area contributed by atoms with Gasteiger partial charge in [0.15, 0.2) is 0 Å². The van der Waals surface area contributed by atoms with Crippen molar-refractivity contribution in [2.75, 3.05) is 19.7 Å². The summed E-state index contributed by atoms with van der Waals surface area (Å²) in [6.07, 6.45) is 2.55. The highest BCUT2D eigenvalue weighted by Gasteiger charge is 2.26. The van der Waals surface area contributed by atoms with E-state index < -0.39 is 0 Å². The molecular formula is C26H30N4O2. The van der Waals surface area contributed by atoms with Gasteiger partial charge < -0.3 is 10.1 Å². The van der Waals surface area contributed by atoms with Gasteiger partial charge in [-0.2, -0.15) is 10.2 Å². The van der Waals surface area contributed by atoms with Gasteiger partial charge in [0.2, 0.25) is 5.91 Å². The molecule has 0 atom stereocenters. The molecule has 2 heterocycles. The summed E-state index contributed by atoms with van der Waals surface area (Å²) in [5.41, 5.74) is 4.48. The zero-order valence-corrected chi connectivity index (χ0v) is 18.5. The van der Waals surface area contributed by atoms with Crippen LogP contribution >= 0.6 is 0 Å². The molecule has 1 amide bonds. The number of carbonyl (C=O) groups is 1. The summed E-state index contributed by atoms with van der Waals surface area (Å²) in [6.45, 7) is 4.94. The molecule has 6 nitrogen and oxygen atoms in total. The summed E-state index contributed by atoms with van der Waals surface area (Å²) >= 11 is 0. The zero-order valence-electron chi connectivity index (χ0n) is 18.5. The SMILES string of the molecule is CC(=O)NC1CN(Cc2ccc(OCCCc3ccc(Cc4ccccc4)nn3)cc2)C1. The number of hydrogen-bond donors (Lipinski definition) is 1. The van der Waals surface area contributed by atoms with Crippen LogP contribution in [0.2, 0.25) is 0 Å². The Hall–Kier alpha value is -3.25. The predicted octanol–water partition coefficient (Wildman–Crippen LogP) is 3.40. The average Bonchev–Trinajstić information content (AvgIpc) is 2.78. The number of benzene rings is 2. The molecule has 4 rings (SSSR count). The van der Waals surface area contributed by atoms with Gasteiger partial charge in [-0.05, 0) is 48.2 Å². The van der Waals surface area contributed by atoms with E-state index in [2.05, 4.69) is 56.8 Å². The van der Waals surface area contributed by atoms with Gasteiger partial charge in [-0.1, -0.05) is 42.5 Å². The number of rotatable bonds is 10. The highest BCUT2D eigenvalue weighted by atomic mass is 16.5. The second kappa shape index (κ2) is 10.9. The first kappa shape index (κ1) is 22.0. The number of aromatic nitrogens is 2. The van der Waals surface area contributed by atoms with Crippen molar-refractivity contribution in [3.05, 3.63) is 89.2 Å². The van der Waals surface area contributed by atoms with Gasteiger partial charge >= 0.3 is 0 Å². The molecule has 1 aromatic heterocycles. The minimum atomic E-state index is 0.0447. The fraction of sp³-hybridized carbons (Fsp3) is 0.346. The maximum Gasteiger partial charge on any atom is 0.217 e. The molecule has 3 aromatic rings. The molecule has 32 heavy (non-hydrogen) atoms. The third kappa shape index (κ3) is 6.62. The van der Waals surface area contributed by atoms with Gasteiger partial charge in [0, 0.05) is 33.0 Å². The first-order valence-electron chi connectivity index (χ1n) is 11.2. The lowest BCUT2D eigenvalue weighted by atomic mass is 10.1. The van der Waals surface area contributed by atoms with E-state index in [1.165, 1.54) is 11.1 Å². The minimum Gasteiger partial charge on any atom is -0.494 e. The van der Waals surface area contributed by atoms with E-state index in [1.54, 1.807) is 6.92 Å². The largest absolute Gasteiger partial charge is 0.494 e. The van der Waals surface area contributed by atoms with E-state index in [1.807, 2.05) is 30.3 Å². The topological polar surface area (TPSA) is 67.4 Å². The second-order valence-electron chi connectivity index (χ2n) is 8.37. The molecule has 0 saturated carbocycles. The number of nitrogens with zero attached hydrogens (tertiary/aromatic N) is 3. The summed E-state index contributed by atoms with van der Waals surface area (Å²) in [5.74, 6) is 0.932. The lowest BCUT2D eigenvalue weighted by molar-refractivity contribution is -0.120. The number of amides is 1. The molecule has 0 aliphatic carbocycles. The maximum atomic E-state index is 11.1. The zero-order chi connectivity index (χ0) is 22.2. The quantitative estimate of drug-likeness (QED) is 0.500. The number of ether oxygens (including phenoxy) is 1. The Morgan fingerprint density at radius 1 is 0.969 bits per heavy atom. The van der Waals surface area contributed by atoms with Crippen LogP contribution in [-0.2, 0) is 24.2 Å². The standard InChI is InChI=1S/C26H30N4O2/c1-20(31)27-25-18-30(19-25)17-22-9-13-26(14-10-22)32-15-5-8-23-11-12-24(29-28-23)16-21-6-3-2-4-7-21/h2-4,6-7,9-14,25H,5,8,15-19H2,1H3,(H,27,31). The summed E-state index contributed by atoms with van der Waals surface area (Å²) < 4.78 is 5.88. The van der Waals surface area contributed by atoms with Crippen LogP contribution in [0, 0.1) is 0 Å². The highest BCUT2D eigenvalue weighted by Crippen LogP contribution is 2.17. The van der Waals surface area contributed by atoms with Crippen molar-refractivity contribution in [1.82, 2.24) is 20.4 Å². The Balaban J connectivity index is 1.13. The van der Waals surface area contributed by atoms with Crippen molar-refractivity contribution in [3.8, 4) is 5.75 Å². The summed E-state index contributed by atoms with van der Waals surface area (Å²) in [7, 11) is 0. The minimum absolute atomic E-state index is 0.0447. The van der Waals surface area contributed by atoms with E-state index in [0.29, 0.717) is 12.6 Å². The number of carbonyl (C=O) groups excluding carboxylic acids is 1. The van der Waals surface area contributed by atoms with E-state index >= 15 is 0 Å². The van der Waals surface area contributed by atoms with Crippen molar-refractivity contribution in [2.24, 2.45) is 0 Å². The van der Waals surface area contributed by atoms with Crippen LogP contribution in [0.5, 0.6) is 5.75 Å². The molecular weight excluding hydrogens is 400 g/mol. The van der Waals surface area contributed by atoms with Crippen LogP contribution in [0.25, 0.3) is 0 Å². The summed E-state index contributed by atoms with van der Waals surface area (Å²) in [6, 6.07) is 23.0. The second-order valence-corrected chi connectivity index (χ2v) is 8.37. The maximum absolute atomic E-state index is 11.1. The van der Waals surface area contributed by atoms with Crippen LogP contribution in [0.1, 0.15) is 35.9 Å². The fourth-order valence-corrected chi connectivity index (χ4v) is 3.89. The summed E-state index contributed by atoms with van der Waals surface area (Å²) in [4.78, 5) is 13.4. The van der Waals surface area contributed by atoms with Crippen LogP contribution in [0.4, 0.5) is 0 Å². The molecule has 166 valence electrons. The third-order valence-corrected chi connectivity index (χ3v) is 5.54. The van der Waals surface area contributed by atoms with Crippen LogP contribution in [-0.4, -0.2) is 46.7 Å². The van der Waals surface area contributed by atoms with E-state index in [-0.39, 0.29) is 5.91 Å². The molecule has 0 unspecified atom stereocenters. The molecule has 1 N–H and O–H groups in total. The normalized spacial score (nSPS) is 14.0. The molecule has 0 spiro atoms. The first-order chi connectivity index (χ1) is 15.6. The van der Waals surface area contributed by atoms with Gasteiger partial charge in [0.05, 0.1) is 24.0 Å². The fourth-order valence-electron chi connectivity index (χ4n) is 3.89. The monoisotopic (exact) mass is 430 g/mol. The smallest absolute Gasteiger partial charge is 0.217 e. The third-order valence-electron chi connectivity index (χ3n) is 5.54. The van der Waals surface area contributed by atoms with Crippen LogP contribution in [0.3, 0.4) is 0 Å². The van der Waals surface area contributed by atoms with E-state index in [4.69, 9.17) is 4.74 Å². The molecule has 1 aliphatic heterocycles. The van der Waals surface area contributed by atoms with Gasteiger partial charge in [0.25, 0.3) is 0 Å². The Morgan fingerprint density at radius 2 is 1.69 bits per heavy atom. The Morgan fingerprint density at radius 3 is 2.38 bits per heavy atom. The number of likely N-dealkylation sites (tertiary alicyclic amines) is 1. The van der Waals surface area contributed by atoms with Crippen molar-refractivity contribution in [1.29, 1.82) is 0 Å². The Bertz CT molecular complexity index is 985. The number of hydrogen-bond acceptors (Lipinski definition) is 5.